The van der Waals surface area contributed by atoms with Crippen LogP contribution in [0.1, 0.15) is 59.8 Å². The van der Waals surface area contributed by atoms with Gasteiger partial charge in [0.2, 0.25) is 10.0 Å². The van der Waals surface area contributed by atoms with Crippen LogP contribution >= 0.6 is 0 Å². The summed E-state index contributed by atoms with van der Waals surface area (Å²) in [6, 6.07) is 0.410. The third-order valence-corrected chi connectivity index (χ3v) is 5.79. The summed E-state index contributed by atoms with van der Waals surface area (Å²) >= 11 is 0. The molecule has 21 heavy (non-hydrogen) atoms. The molecular formula is C15H32N2O3S. The molecule has 0 aromatic rings. The zero-order valence-corrected chi connectivity index (χ0v) is 14.8. The average Bonchev–Trinajstić information content (AvgIpc) is 2.43. The van der Waals surface area contributed by atoms with E-state index in [4.69, 9.17) is 4.74 Å². The minimum absolute atomic E-state index is 0.0155. The molecule has 5 nitrogen and oxygen atoms in total. The van der Waals surface area contributed by atoms with Gasteiger partial charge in [-0.1, -0.05) is 27.7 Å². The van der Waals surface area contributed by atoms with E-state index in [2.05, 4.69) is 37.7 Å². The summed E-state index contributed by atoms with van der Waals surface area (Å²) in [7, 11) is -3.19. The number of hydrogen-bond donors (Lipinski definition) is 2. The fraction of sp³-hybridized carbons (Fsp3) is 1.00. The molecule has 0 bridgehead atoms. The lowest BCUT2D eigenvalue weighted by Crippen LogP contribution is -2.48. The first-order valence-electron chi connectivity index (χ1n) is 8.20. The number of ether oxygens (including phenoxy) is 1. The van der Waals surface area contributed by atoms with Crippen molar-refractivity contribution < 1.29 is 13.2 Å². The molecule has 1 aliphatic heterocycles. The van der Waals surface area contributed by atoms with Crippen LogP contribution in [0.3, 0.4) is 0 Å². The Morgan fingerprint density at radius 2 is 1.95 bits per heavy atom. The van der Waals surface area contributed by atoms with Crippen LogP contribution in [0.4, 0.5) is 0 Å². The lowest BCUT2D eigenvalue weighted by molar-refractivity contribution is -0.0905. The van der Waals surface area contributed by atoms with Gasteiger partial charge in [-0.3, -0.25) is 0 Å². The van der Waals surface area contributed by atoms with Crippen molar-refractivity contribution in [3.05, 3.63) is 0 Å². The Morgan fingerprint density at radius 3 is 2.52 bits per heavy atom. The van der Waals surface area contributed by atoms with Crippen molar-refractivity contribution in [1.82, 2.24) is 10.0 Å². The summed E-state index contributed by atoms with van der Waals surface area (Å²) < 4.78 is 33.1. The summed E-state index contributed by atoms with van der Waals surface area (Å²) in [6.07, 6.45) is 4.05. The molecule has 1 aliphatic rings. The molecule has 0 spiro atoms. The maximum atomic E-state index is 12.2. The van der Waals surface area contributed by atoms with E-state index >= 15 is 0 Å². The Bertz CT molecular complexity index is 392. The largest absolute Gasteiger partial charge is 0.375 e. The van der Waals surface area contributed by atoms with Gasteiger partial charge in [0.1, 0.15) is 0 Å². The molecule has 1 fully saturated rings. The number of rotatable bonds is 9. The zero-order chi connectivity index (χ0) is 15.9. The first kappa shape index (κ1) is 18.9. The van der Waals surface area contributed by atoms with Gasteiger partial charge in [0.05, 0.1) is 11.4 Å². The standard InChI is InChI=1S/C15H32N2O3S/c1-5-15(6-2)12-14(8-10-20-15)17-21(18,19)11-7-9-16-13(3)4/h13-14,16-17H,5-12H2,1-4H3. The lowest BCUT2D eigenvalue weighted by Gasteiger charge is -2.40. The molecule has 1 saturated heterocycles. The van der Waals surface area contributed by atoms with Gasteiger partial charge in [0, 0.05) is 18.7 Å². The van der Waals surface area contributed by atoms with E-state index in [-0.39, 0.29) is 17.4 Å². The second-order valence-corrected chi connectivity index (χ2v) is 8.20. The molecule has 1 rings (SSSR count). The van der Waals surface area contributed by atoms with Crippen LogP contribution in [-0.2, 0) is 14.8 Å². The maximum absolute atomic E-state index is 12.2. The zero-order valence-electron chi connectivity index (χ0n) is 13.9. The van der Waals surface area contributed by atoms with Gasteiger partial charge in [-0.05, 0) is 38.6 Å². The van der Waals surface area contributed by atoms with Crippen molar-refractivity contribution >= 4 is 10.0 Å². The quantitative estimate of drug-likeness (QED) is 0.638. The van der Waals surface area contributed by atoms with Crippen LogP contribution in [0.25, 0.3) is 0 Å². The highest BCUT2D eigenvalue weighted by Gasteiger charge is 2.35. The van der Waals surface area contributed by atoms with Crippen LogP contribution in [0.5, 0.6) is 0 Å². The van der Waals surface area contributed by atoms with Crippen LogP contribution < -0.4 is 10.0 Å². The molecular weight excluding hydrogens is 288 g/mol. The third kappa shape index (κ3) is 6.63. The fourth-order valence-corrected chi connectivity index (χ4v) is 4.19. The van der Waals surface area contributed by atoms with Crippen LogP contribution in [0.15, 0.2) is 0 Å². The first-order chi connectivity index (χ1) is 9.82. The van der Waals surface area contributed by atoms with Crippen molar-refractivity contribution in [3.8, 4) is 0 Å². The molecule has 0 aliphatic carbocycles. The molecule has 6 heteroatoms. The smallest absolute Gasteiger partial charge is 0.211 e. The fourth-order valence-electron chi connectivity index (χ4n) is 2.84. The van der Waals surface area contributed by atoms with Gasteiger partial charge >= 0.3 is 0 Å². The van der Waals surface area contributed by atoms with Crippen molar-refractivity contribution in [2.24, 2.45) is 0 Å². The van der Waals surface area contributed by atoms with Crippen LogP contribution in [-0.4, -0.2) is 45.0 Å². The topological polar surface area (TPSA) is 67.4 Å². The van der Waals surface area contributed by atoms with Gasteiger partial charge in [-0.25, -0.2) is 13.1 Å². The van der Waals surface area contributed by atoms with Gasteiger partial charge in [0.15, 0.2) is 0 Å². The molecule has 2 N–H and O–H groups in total. The van der Waals surface area contributed by atoms with E-state index in [0.29, 0.717) is 19.1 Å². The second kappa shape index (κ2) is 8.46. The summed E-state index contributed by atoms with van der Waals surface area (Å²) in [6.45, 7) is 9.72. The Hall–Kier alpha value is -0.170. The maximum Gasteiger partial charge on any atom is 0.211 e. The predicted octanol–water partition coefficient (Wildman–Crippen LogP) is 2.03. The molecule has 0 radical (unpaired) electrons. The van der Waals surface area contributed by atoms with E-state index in [1.807, 2.05) is 0 Å². The molecule has 1 heterocycles. The van der Waals surface area contributed by atoms with E-state index in [0.717, 1.165) is 32.2 Å². The highest BCUT2D eigenvalue weighted by Crippen LogP contribution is 2.31. The predicted molar refractivity (Wildman–Crippen MR) is 87.0 cm³/mol. The van der Waals surface area contributed by atoms with Gasteiger partial charge in [-0.15, -0.1) is 0 Å². The first-order valence-corrected chi connectivity index (χ1v) is 9.85. The second-order valence-electron chi connectivity index (χ2n) is 6.33. The van der Waals surface area contributed by atoms with Gasteiger partial charge < -0.3 is 10.1 Å². The van der Waals surface area contributed by atoms with E-state index in [1.165, 1.54) is 0 Å². The van der Waals surface area contributed by atoms with Crippen molar-refractivity contribution in [1.29, 1.82) is 0 Å². The Labute approximate surface area is 130 Å². The average molecular weight is 320 g/mol. The molecule has 0 aromatic carbocycles. The summed E-state index contributed by atoms with van der Waals surface area (Å²) in [5.74, 6) is 0.190. The number of sulfonamides is 1. The Morgan fingerprint density at radius 1 is 1.29 bits per heavy atom. The third-order valence-electron chi connectivity index (χ3n) is 4.27. The molecule has 0 aromatic heterocycles. The van der Waals surface area contributed by atoms with Crippen molar-refractivity contribution in [3.63, 3.8) is 0 Å². The van der Waals surface area contributed by atoms with Crippen molar-refractivity contribution in [2.45, 2.75) is 77.5 Å². The summed E-state index contributed by atoms with van der Waals surface area (Å²) in [4.78, 5) is 0. The van der Waals surface area contributed by atoms with E-state index in [9.17, 15) is 8.42 Å². The van der Waals surface area contributed by atoms with Crippen molar-refractivity contribution in [2.75, 3.05) is 18.9 Å². The Kier molecular flexibility index (Phi) is 7.60. The van der Waals surface area contributed by atoms with Crippen LogP contribution in [0.2, 0.25) is 0 Å². The Balaban J connectivity index is 2.43. The van der Waals surface area contributed by atoms with E-state index in [1.54, 1.807) is 0 Å². The highest BCUT2D eigenvalue weighted by atomic mass is 32.2. The molecule has 1 atom stereocenters. The number of nitrogens with one attached hydrogen (secondary N) is 2. The minimum atomic E-state index is -3.19. The van der Waals surface area contributed by atoms with Crippen LogP contribution in [0, 0.1) is 0 Å². The highest BCUT2D eigenvalue weighted by molar-refractivity contribution is 7.89. The summed E-state index contributed by atoms with van der Waals surface area (Å²) in [5, 5.41) is 3.24. The number of hydrogen-bond acceptors (Lipinski definition) is 4. The lowest BCUT2D eigenvalue weighted by atomic mass is 9.86. The molecule has 126 valence electrons. The normalized spacial score (nSPS) is 22.6. The SMILES string of the molecule is CCC1(CC)CC(NS(=O)(=O)CCCNC(C)C)CCO1. The minimum Gasteiger partial charge on any atom is -0.375 e. The monoisotopic (exact) mass is 320 g/mol. The molecule has 0 amide bonds. The van der Waals surface area contributed by atoms with E-state index < -0.39 is 10.0 Å². The molecule has 1 unspecified atom stereocenters. The molecule has 0 saturated carbocycles. The summed E-state index contributed by atoms with van der Waals surface area (Å²) in [5.41, 5.74) is -0.148. The van der Waals surface area contributed by atoms with Gasteiger partial charge in [-0.2, -0.15) is 0 Å². The van der Waals surface area contributed by atoms with Gasteiger partial charge in [0.25, 0.3) is 0 Å².